The lowest BCUT2D eigenvalue weighted by molar-refractivity contribution is -0.137. The van der Waals surface area contributed by atoms with Gasteiger partial charge in [0, 0.05) is 6.42 Å². The van der Waals surface area contributed by atoms with Gasteiger partial charge in [-0.1, -0.05) is 52.9 Å². The second kappa shape index (κ2) is 12.5. The SMILES string of the molecule is C.CCCCCCCCC(O)CCC(=O)O. The third kappa shape index (κ3) is 13.4. The first-order valence-corrected chi connectivity index (χ1v) is 6.06. The van der Waals surface area contributed by atoms with Crippen molar-refractivity contribution in [2.75, 3.05) is 0 Å². The highest BCUT2D eigenvalue weighted by Crippen LogP contribution is 2.11. The summed E-state index contributed by atoms with van der Waals surface area (Å²) < 4.78 is 0. The van der Waals surface area contributed by atoms with Crippen LogP contribution in [0.15, 0.2) is 0 Å². The first kappa shape index (κ1) is 17.8. The third-order valence-corrected chi connectivity index (χ3v) is 2.58. The molecule has 0 bridgehead atoms. The van der Waals surface area contributed by atoms with Crippen molar-refractivity contribution in [2.24, 2.45) is 0 Å². The fourth-order valence-electron chi connectivity index (χ4n) is 1.59. The molecule has 0 spiro atoms. The van der Waals surface area contributed by atoms with Crippen LogP contribution in [-0.4, -0.2) is 22.3 Å². The first-order chi connectivity index (χ1) is 7.16. The van der Waals surface area contributed by atoms with Crippen molar-refractivity contribution in [1.82, 2.24) is 0 Å². The smallest absolute Gasteiger partial charge is 0.303 e. The molecule has 1 atom stereocenters. The number of unbranched alkanes of at least 4 members (excludes halogenated alkanes) is 5. The van der Waals surface area contributed by atoms with Gasteiger partial charge in [-0.2, -0.15) is 0 Å². The average Bonchev–Trinajstić information content (AvgIpc) is 2.20. The summed E-state index contributed by atoms with van der Waals surface area (Å²) in [6, 6.07) is 0. The quantitative estimate of drug-likeness (QED) is 0.566. The van der Waals surface area contributed by atoms with E-state index < -0.39 is 12.1 Å². The minimum atomic E-state index is -0.822. The molecule has 0 aliphatic heterocycles. The predicted molar refractivity (Wildman–Crippen MR) is 67.6 cm³/mol. The number of hydrogen-bond acceptors (Lipinski definition) is 2. The van der Waals surface area contributed by atoms with Crippen LogP contribution in [0.25, 0.3) is 0 Å². The van der Waals surface area contributed by atoms with Crippen LogP contribution in [0.4, 0.5) is 0 Å². The lowest BCUT2D eigenvalue weighted by atomic mass is 10.0. The van der Waals surface area contributed by atoms with Gasteiger partial charge < -0.3 is 10.2 Å². The minimum Gasteiger partial charge on any atom is -0.481 e. The van der Waals surface area contributed by atoms with E-state index in [9.17, 15) is 9.90 Å². The average molecular weight is 232 g/mol. The Morgan fingerprint density at radius 2 is 1.62 bits per heavy atom. The molecule has 0 radical (unpaired) electrons. The molecule has 0 fully saturated rings. The largest absolute Gasteiger partial charge is 0.481 e. The van der Waals surface area contributed by atoms with E-state index in [2.05, 4.69) is 6.92 Å². The molecule has 0 aliphatic rings. The van der Waals surface area contributed by atoms with Crippen LogP contribution < -0.4 is 0 Å². The van der Waals surface area contributed by atoms with Crippen LogP contribution in [0.5, 0.6) is 0 Å². The topological polar surface area (TPSA) is 57.5 Å². The van der Waals surface area contributed by atoms with Gasteiger partial charge in [0.1, 0.15) is 0 Å². The highest BCUT2D eigenvalue weighted by Gasteiger charge is 2.06. The molecule has 98 valence electrons. The van der Waals surface area contributed by atoms with Gasteiger partial charge in [-0.25, -0.2) is 0 Å². The molecule has 2 N–H and O–H groups in total. The Balaban J connectivity index is 0. The Morgan fingerprint density at radius 3 is 2.19 bits per heavy atom. The van der Waals surface area contributed by atoms with Crippen LogP contribution in [0.2, 0.25) is 0 Å². The van der Waals surface area contributed by atoms with E-state index >= 15 is 0 Å². The Kier molecular flexibility index (Phi) is 13.9. The minimum absolute atomic E-state index is 0. The van der Waals surface area contributed by atoms with E-state index in [4.69, 9.17) is 5.11 Å². The van der Waals surface area contributed by atoms with Crippen molar-refractivity contribution >= 4 is 5.97 Å². The maximum atomic E-state index is 10.2. The maximum Gasteiger partial charge on any atom is 0.303 e. The number of aliphatic hydroxyl groups is 1. The fourth-order valence-corrected chi connectivity index (χ4v) is 1.59. The van der Waals surface area contributed by atoms with Crippen molar-refractivity contribution in [3.63, 3.8) is 0 Å². The number of aliphatic carboxylic acids is 1. The number of carbonyl (C=O) groups is 1. The summed E-state index contributed by atoms with van der Waals surface area (Å²) in [5, 5.41) is 17.9. The zero-order valence-electron chi connectivity index (χ0n) is 9.74. The molecular formula is C13H28O3. The molecule has 3 nitrogen and oxygen atoms in total. The molecule has 0 aromatic carbocycles. The highest BCUT2D eigenvalue weighted by molar-refractivity contribution is 5.66. The van der Waals surface area contributed by atoms with Crippen LogP contribution in [0, 0.1) is 0 Å². The zero-order valence-corrected chi connectivity index (χ0v) is 9.74. The molecule has 0 heterocycles. The van der Waals surface area contributed by atoms with E-state index in [-0.39, 0.29) is 13.8 Å². The normalized spacial score (nSPS) is 11.9. The molecule has 0 saturated heterocycles. The summed E-state index contributed by atoms with van der Waals surface area (Å²) in [5.41, 5.74) is 0. The molecule has 0 rings (SSSR count). The molecule has 0 amide bonds. The Labute approximate surface area is 99.9 Å². The van der Waals surface area contributed by atoms with Crippen molar-refractivity contribution in [3.8, 4) is 0 Å². The second-order valence-electron chi connectivity index (χ2n) is 4.14. The zero-order chi connectivity index (χ0) is 11.5. The monoisotopic (exact) mass is 232 g/mol. The van der Waals surface area contributed by atoms with Crippen LogP contribution in [0.1, 0.15) is 72.1 Å². The van der Waals surface area contributed by atoms with Crippen LogP contribution in [-0.2, 0) is 4.79 Å². The molecule has 1 unspecified atom stereocenters. The molecule has 3 heteroatoms. The Bertz CT molecular complexity index is 157. The second-order valence-corrected chi connectivity index (χ2v) is 4.14. The van der Waals surface area contributed by atoms with Crippen molar-refractivity contribution in [1.29, 1.82) is 0 Å². The van der Waals surface area contributed by atoms with Crippen LogP contribution >= 0.6 is 0 Å². The van der Waals surface area contributed by atoms with Gasteiger partial charge in [0.25, 0.3) is 0 Å². The van der Waals surface area contributed by atoms with Gasteiger partial charge >= 0.3 is 5.97 Å². The van der Waals surface area contributed by atoms with E-state index in [1.807, 2.05) is 0 Å². The third-order valence-electron chi connectivity index (χ3n) is 2.58. The van der Waals surface area contributed by atoms with Gasteiger partial charge in [-0.3, -0.25) is 4.79 Å². The molecule has 0 aromatic rings. The standard InChI is InChI=1S/C12H24O3.CH4/c1-2-3-4-5-6-7-8-11(13)9-10-12(14)15;/h11,13H,2-10H2,1H3,(H,14,15);1H4. The number of rotatable bonds is 10. The number of carboxylic acids is 1. The van der Waals surface area contributed by atoms with Gasteiger partial charge in [-0.05, 0) is 12.8 Å². The lowest BCUT2D eigenvalue weighted by Crippen LogP contribution is -2.09. The summed E-state index contributed by atoms with van der Waals surface area (Å²) in [5.74, 6) is -0.822. The molecule has 0 aliphatic carbocycles. The number of hydrogen-bond donors (Lipinski definition) is 2. The lowest BCUT2D eigenvalue weighted by Gasteiger charge is -2.08. The van der Waals surface area contributed by atoms with Crippen LogP contribution in [0.3, 0.4) is 0 Å². The van der Waals surface area contributed by atoms with E-state index in [1.165, 1.54) is 25.7 Å². The fraction of sp³-hybridized carbons (Fsp3) is 0.923. The maximum absolute atomic E-state index is 10.2. The summed E-state index contributed by atoms with van der Waals surface area (Å²) in [6.07, 6.45) is 8.03. The summed E-state index contributed by atoms with van der Waals surface area (Å²) >= 11 is 0. The van der Waals surface area contributed by atoms with Gasteiger partial charge in [0.05, 0.1) is 6.10 Å². The Hall–Kier alpha value is -0.570. The van der Waals surface area contributed by atoms with E-state index in [0.717, 1.165) is 19.3 Å². The first-order valence-electron chi connectivity index (χ1n) is 6.06. The number of carboxylic acid groups (broad SMARTS) is 1. The predicted octanol–water partition coefficient (Wildman–Crippen LogP) is 3.60. The molecular weight excluding hydrogens is 204 g/mol. The molecule has 0 aromatic heterocycles. The Morgan fingerprint density at radius 1 is 1.06 bits per heavy atom. The summed E-state index contributed by atoms with van der Waals surface area (Å²) in [7, 11) is 0. The van der Waals surface area contributed by atoms with Gasteiger partial charge in [-0.15, -0.1) is 0 Å². The summed E-state index contributed by atoms with van der Waals surface area (Å²) in [4.78, 5) is 10.2. The highest BCUT2D eigenvalue weighted by atomic mass is 16.4. The molecule has 16 heavy (non-hydrogen) atoms. The van der Waals surface area contributed by atoms with Gasteiger partial charge in [0.15, 0.2) is 0 Å². The van der Waals surface area contributed by atoms with E-state index in [1.54, 1.807) is 0 Å². The van der Waals surface area contributed by atoms with Crippen molar-refractivity contribution < 1.29 is 15.0 Å². The van der Waals surface area contributed by atoms with Gasteiger partial charge in [0.2, 0.25) is 0 Å². The van der Waals surface area contributed by atoms with Crippen molar-refractivity contribution in [2.45, 2.75) is 78.2 Å². The number of aliphatic hydroxyl groups excluding tert-OH is 1. The molecule has 0 saturated carbocycles. The van der Waals surface area contributed by atoms with E-state index in [0.29, 0.717) is 6.42 Å². The van der Waals surface area contributed by atoms with Crippen molar-refractivity contribution in [3.05, 3.63) is 0 Å². The summed E-state index contributed by atoms with van der Waals surface area (Å²) in [6.45, 7) is 2.19.